The van der Waals surface area contributed by atoms with Crippen molar-refractivity contribution in [2.75, 3.05) is 19.5 Å². The number of nitrogens with zero attached hydrogens (tertiary/aromatic N) is 1. The molecule has 0 saturated heterocycles. The Bertz CT molecular complexity index is 1090. The van der Waals surface area contributed by atoms with Gasteiger partial charge in [0.1, 0.15) is 0 Å². The summed E-state index contributed by atoms with van der Waals surface area (Å²) in [5.41, 5.74) is 4.27. The summed E-state index contributed by atoms with van der Waals surface area (Å²) in [7, 11) is 3.19. The van der Waals surface area contributed by atoms with Gasteiger partial charge in [0.05, 0.1) is 16.1 Å². The lowest BCUT2D eigenvalue weighted by Crippen LogP contribution is -2.03. The van der Waals surface area contributed by atoms with Crippen LogP contribution in [0, 0.1) is 0 Å². The number of methoxy groups -OCH3 is 2. The Morgan fingerprint density at radius 1 is 0.964 bits per heavy atom. The van der Waals surface area contributed by atoms with Crippen LogP contribution in [0.5, 0.6) is 0 Å². The van der Waals surface area contributed by atoms with Crippen LogP contribution in [0.4, 0.5) is 11.5 Å². The van der Waals surface area contributed by atoms with E-state index in [2.05, 4.69) is 10.5 Å². The van der Waals surface area contributed by atoms with Crippen LogP contribution in [0.25, 0.3) is 22.1 Å². The number of halogens is 1. The fourth-order valence-corrected chi connectivity index (χ4v) is 3.44. The largest absolute Gasteiger partial charge is 0.354 e. The lowest BCUT2D eigenvalue weighted by atomic mass is 10.0. The van der Waals surface area contributed by atoms with Crippen LogP contribution in [0.15, 0.2) is 71.3 Å². The number of ether oxygens (including phenoxy) is 2. The molecule has 28 heavy (non-hydrogen) atoms. The molecule has 4 aromatic rings. The molecule has 0 radical (unpaired) electrons. The van der Waals surface area contributed by atoms with Gasteiger partial charge in [-0.05, 0) is 23.8 Å². The first kappa shape index (κ1) is 18.5. The standard InChI is InChI=1S/C22H19ClN2O3/c1-26-22(27-2)15-11-12-19-17(13-15)21(25-28-19)24-18-10-6-9-16(20(18)23)14-7-4-3-5-8-14/h3-13,22H,1-2H3,(H,24,25). The third-order valence-corrected chi connectivity index (χ3v) is 4.94. The fourth-order valence-electron chi connectivity index (χ4n) is 3.16. The second-order valence-corrected chi connectivity index (χ2v) is 6.63. The SMILES string of the molecule is COC(OC)c1ccc2onc(Nc3cccc(-c4ccccc4)c3Cl)c2c1. The molecule has 0 amide bonds. The number of fused-ring (bicyclic) bond motifs is 1. The molecule has 3 aromatic carbocycles. The molecule has 0 aliphatic rings. The number of hydrogen-bond acceptors (Lipinski definition) is 5. The molecular weight excluding hydrogens is 376 g/mol. The Labute approximate surface area is 167 Å². The predicted molar refractivity (Wildman–Crippen MR) is 111 cm³/mol. The first-order chi connectivity index (χ1) is 13.7. The van der Waals surface area contributed by atoms with Crippen molar-refractivity contribution in [1.29, 1.82) is 0 Å². The van der Waals surface area contributed by atoms with E-state index in [-0.39, 0.29) is 0 Å². The van der Waals surface area contributed by atoms with Crippen molar-refractivity contribution in [2.24, 2.45) is 0 Å². The van der Waals surface area contributed by atoms with Crippen molar-refractivity contribution in [3.8, 4) is 11.1 Å². The quantitative estimate of drug-likeness (QED) is 0.395. The minimum atomic E-state index is -0.461. The second-order valence-electron chi connectivity index (χ2n) is 6.25. The number of hydrogen-bond donors (Lipinski definition) is 1. The maximum absolute atomic E-state index is 6.68. The summed E-state index contributed by atoms with van der Waals surface area (Å²) in [6.45, 7) is 0. The third kappa shape index (κ3) is 3.47. The van der Waals surface area contributed by atoms with Gasteiger partial charge in [-0.2, -0.15) is 0 Å². The van der Waals surface area contributed by atoms with Crippen molar-refractivity contribution in [3.05, 3.63) is 77.3 Å². The Kier molecular flexibility index (Phi) is 5.30. The molecule has 0 unspecified atom stereocenters. The monoisotopic (exact) mass is 394 g/mol. The zero-order valence-electron chi connectivity index (χ0n) is 15.5. The first-order valence-electron chi connectivity index (χ1n) is 8.77. The maximum Gasteiger partial charge on any atom is 0.183 e. The van der Waals surface area contributed by atoms with E-state index in [1.807, 2.05) is 66.7 Å². The number of rotatable bonds is 6. The van der Waals surface area contributed by atoms with E-state index in [1.165, 1.54) is 0 Å². The lowest BCUT2D eigenvalue weighted by Gasteiger charge is -2.13. The minimum absolute atomic E-state index is 0.461. The van der Waals surface area contributed by atoms with Gasteiger partial charge in [-0.15, -0.1) is 0 Å². The van der Waals surface area contributed by atoms with Gasteiger partial charge in [0.25, 0.3) is 0 Å². The molecule has 0 bridgehead atoms. The van der Waals surface area contributed by atoms with E-state index in [1.54, 1.807) is 14.2 Å². The highest BCUT2D eigenvalue weighted by Gasteiger charge is 2.16. The van der Waals surface area contributed by atoms with Gasteiger partial charge in [-0.1, -0.05) is 65.3 Å². The van der Waals surface area contributed by atoms with Crippen LogP contribution < -0.4 is 5.32 Å². The van der Waals surface area contributed by atoms with Gasteiger partial charge in [-0.25, -0.2) is 0 Å². The van der Waals surface area contributed by atoms with Crippen LogP contribution in [-0.4, -0.2) is 19.4 Å². The molecule has 0 aliphatic carbocycles. The van der Waals surface area contributed by atoms with Crippen molar-refractivity contribution in [3.63, 3.8) is 0 Å². The van der Waals surface area contributed by atoms with Gasteiger partial charge in [0.15, 0.2) is 17.7 Å². The zero-order valence-corrected chi connectivity index (χ0v) is 16.2. The normalized spacial score (nSPS) is 11.3. The summed E-state index contributed by atoms with van der Waals surface area (Å²) in [5, 5.41) is 8.88. The molecule has 4 rings (SSSR count). The highest BCUT2D eigenvalue weighted by Crippen LogP contribution is 2.36. The molecule has 0 saturated carbocycles. The van der Waals surface area contributed by atoms with Gasteiger partial charge in [-0.3, -0.25) is 0 Å². The molecule has 142 valence electrons. The predicted octanol–water partition coefficient (Wildman–Crippen LogP) is 6.18. The molecule has 0 aliphatic heterocycles. The van der Waals surface area contributed by atoms with E-state index >= 15 is 0 Å². The molecule has 1 heterocycles. The zero-order chi connectivity index (χ0) is 19.5. The number of benzene rings is 3. The van der Waals surface area contributed by atoms with E-state index in [0.717, 1.165) is 27.8 Å². The van der Waals surface area contributed by atoms with Crippen molar-refractivity contribution in [2.45, 2.75) is 6.29 Å². The van der Waals surface area contributed by atoms with Crippen molar-refractivity contribution >= 4 is 34.1 Å². The molecule has 0 atom stereocenters. The van der Waals surface area contributed by atoms with E-state index in [0.29, 0.717) is 16.4 Å². The Morgan fingerprint density at radius 3 is 2.50 bits per heavy atom. The smallest absolute Gasteiger partial charge is 0.183 e. The summed E-state index contributed by atoms with van der Waals surface area (Å²) in [6, 6.07) is 21.5. The number of nitrogens with one attached hydrogen (secondary N) is 1. The van der Waals surface area contributed by atoms with Crippen LogP contribution >= 0.6 is 11.6 Å². The van der Waals surface area contributed by atoms with Crippen molar-refractivity contribution < 1.29 is 14.0 Å². The Hall–Kier alpha value is -2.86. The van der Waals surface area contributed by atoms with Crippen LogP contribution in [0.3, 0.4) is 0 Å². The van der Waals surface area contributed by atoms with E-state index in [9.17, 15) is 0 Å². The number of anilines is 2. The highest BCUT2D eigenvalue weighted by molar-refractivity contribution is 6.36. The molecule has 6 heteroatoms. The molecule has 0 fully saturated rings. The summed E-state index contributed by atoms with van der Waals surface area (Å²) >= 11 is 6.68. The van der Waals surface area contributed by atoms with Crippen LogP contribution in [0.1, 0.15) is 11.9 Å². The Balaban J connectivity index is 1.72. The summed E-state index contributed by atoms with van der Waals surface area (Å²) in [4.78, 5) is 0. The lowest BCUT2D eigenvalue weighted by molar-refractivity contribution is -0.105. The summed E-state index contributed by atoms with van der Waals surface area (Å²) in [6.07, 6.45) is -0.461. The fraction of sp³-hybridized carbons (Fsp3) is 0.136. The highest BCUT2D eigenvalue weighted by atomic mass is 35.5. The van der Waals surface area contributed by atoms with Crippen molar-refractivity contribution in [1.82, 2.24) is 5.16 Å². The molecule has 1 N–H and O–H groups in total. The molecule has 1 aromatic heterocycles. The maximum atomic E-state index is 6.68. The molecular formula is C22H19ClN2O3. The average Bonchev–Trinajstić information content (AvgIpc) is 3.13. The first-order valence-corrected chi connectivity index (χ1v) is 9.15. The third-order valence-electron chi connectivity index (χ3n) is 4.53. The van der Waals surface area contributed by atoms with Crippen LogP contribution in [-0.2, 0) is 9.47 Å². The Morgan fingerprint density at radius 2 is 1.75 bits per heavy atom. The van der Waals surface area contributed by atoms with Gasteiger partial charge in [0, 0.05) is 25.3 Å². The topological polar surface area (TPSA) is 56.5 Å². The average molecular weight is 395 g/mol. The minimum Gasteiger partial charge on any atom is -0.354 e. The van der Waals surface area contributed by atoms with Gasteiger partial charge >= 0.3 is 0 Å². The molecule has 5 nitrogen and oxygen atoms in total. The van der Waals surface area contributed by atoms with E-state index in [4.69, 9.17) is 25.6 Å². The number of aromatic nitrogens is 1. The van der Waals surface area contributed by atoms with E-state index < -0.39 is 6.29 Å². The summed E-state index contributed by atoms with van der Waals surface area (Å²) in [5.74, 6) is 0.579. The van der Waals surface area contributed by atoms with Gasteiger partial charge in [0.2, 0.25) is 0 Å². The molecule has 0 spiro atoms. The van der Waals surface area contributed by atoms with Gasteiger partial charge < -0.3 is 19.3 Å². The second kappa shape index (κ2) is 8.02. The summed E-state index contributed by atoms with van der Waals surface area (Å²) < 4.78 is 16.1. The van der Waals surface area contributed by atoms with Crippen LogP contribution in [0.2, 0.25) is 5.02 Å².